The highest BCUT2D eigenvalue weighted by Crippen LogP contribution is 2.38. The molecule has 5 rings (SSSR count). The first-order valence-corrected chi connectivity index (χ1v) is 14.3. The number of benzene rings is 3. The van der Waals surface area contributed by atoms with Crippen LogP contribution >= 0.6 is 23.4 Å². The number of hydrogen-bond donors (Lipinski definition) is 1. The number of aromatic nitrogens is 3. The summed E-state index contributed by atoms with van der Waals surface area (Å²) in [6.45, 7) is 3.95. The van der Waals surface area contributed by atoms with E-state index in [1.54, 1.807) is 48.0 Å². The quantitative estimate of drug-likeness (QED) is 0.152. The smallest absolute Gasteiger partial charge is 0.338 e. The topological polar surface area (TPSA) is 78.3 Å². The van der Waals surface area contributed by atoms with E-state index >= 15 is 0 Å². The van der Waals surface area contributed by atoms with Crippen molar-refractivity contribution in [1.82, 2.24) is 14.8 Å². The van der Waals surface area contributed by atoms with Crippen molar-refractivity contribution in [2.75, 3.05) is 11.9 Å². The molecule has 41 heavy (non-hydrogen) atoms. The molecule has 1 aliphatic rings. The molecule has 1 atom stereocenters. The number of carbonyl (C=O) groups is 1. The SMILES string of the molecule is CCCOC(=O)C1=C(C)Nc2nc(SCc3ccccc3F)nn2C1c1ccc(OCc2c(F)cccc2Cl)cc1. The molecule has 11 heteroatoms. The van der Waals surface area contributed by atoms with E-state index in [0.29, 0.717) is 45.9 Å². The lowest BCUT2D eigenvalue weighted by molar-refractivity contribution is -0.139. The fourth-order valence-electron chi connectivity index (χ4n) is 4.37. The number of thioether (sulfide) groups is 1. The van der Waals surface area contributed by atoms with Crippen molar-refractivity contribution in [2.45, 2.75) is 43.8 Å². The van der Waals surface area contributed by atoms with Crippen molar-refractivity contribution in [1.29, 1.82) is 0 Å². The van der Waals surface area contributed by atoms with E-state index in [1.807, 2.05) is 19.1 Å². The zero-order chi connectivity index (χ0) is 28.9. The Labute approximate surface area is 245 Å². The molecule has 0 bridgehead atoms. The number of hydrogen-bond acceptors (Lipinski definition) is 7. The molecule has 4 aromatic rings. The van der Waals surface area contributed by atoms with Crippen LogP contribution < -0.4 is 10.1 Å². The summed E-state index contributed by atoms with van der Waals surface area (Å²) in [7, 11) is 0. The van der Waals surface area contributed by atoms with Crippen molar-refractivity contribution >= 4 is 35.3 Å². The van der Waals surface area contributed by atoms with Crippen LogP contribution in [0, 0.1) is 11.6 Å². The number of fused-ring (bicyclic) bond motifs is 1. The van der Waals surface area contributed by atoms with Crippen LogP contribution in [0.25, 0.3) is 0 Å². The third-order valence-electron chi connectivity index (χ3n) is 6.45. The van der Waals surface area contributed by atoms with Gasteiger partial charge in [-0.25, -0.2) is 18.3 Å². The molecule has 2 heterocycles. The first kappa shape index (κ1) is 28.6. The molecule has 0 saturated carbocycles. The normalized spacial score (nSPS) is 14.4. The van der Waals surface area contributed by atoms with E-state index in [9.17, 15) is 13.6 Å². The Bertz CT molecular complexity index is 1570. The predicted molar refractivity (Wildman–Crippen MR) is 154 cm³/mol. The van der Waals surface area contributed by atoms with Crippen LogP contribution in [-0.4, -0.2) is 27.3 Å². The summed E-state index contributed by atoms with van der Waals surface area (Å²) in [6.07, 6.45) is 0.680. The summed E-state index contributed by atoms with van der Waals surface area (Å²) in [5.41, 5.74) is 2.54. The number of esters is 1. The zero-order valence-corrected chi connectivity index (χ0v) is 23.9. The summed E-state index contributed by atoms with van der Waals surface area (Å²) >= 11 is 7.42. The number of halogens is 3. The van der Waals surface area contributed by atoms with Gasteiger partial charge in [-0.15, -0.1) is 5.10 Å². The molecule has 0 aliphatic carbocycles. The second kappa shape index (κ2) is 12.7. The Balaban J connectivity index is 1.42. The summed E-state index contributed by atoms with van der Waals surface area (Å²) < 4.78 is 41.3. The fraction of sp³-hybridized carbons (Fsp3) is 0.233. The van der Waals surface area contributed by atoms with E-state index in [-0.39, 0.29) is 29.6 Å². The van der Waals surface area contributed by atoms with Crippen LogP contribution in [0.4, 0.5) is 14.7 Å². The Morgan fingerprint density at radius 1 is 1.07 bits per heavy atom. The van der Waals surface area contributed by atoms with E-state index in [1.165, 1.54) is 30.0 Å². The second-order valence-corrected chi connectivity index (χ2v) is 10.7. The number of nitrogens with one attached hydrogen (secondary N) is 1. The third-order valence-corrected chi connectivity index (χ3v) is 7.69. The minimum Gasteiger partial charge on any atom is -0.489 e. The molecular weight excluding hydrogens is 570 g/mol. The van der Waals surface area contributed by atoms with Crippen LogP contribution in [-0.2, 0) is 21.9 Å². The molecule has 212 valence electrons. The lowest BCUT2D eigenvalue weighted by Crippen LogP contribution is -2.29. The van der Waals surface area contributed by atoms with Gasteiger partial charge in [-0.3, -0.25) is 0 Å². The van der Waals surface area contributed by atoms with E-state index < -0.39 is 17.8 Å². The highest BCUT2D eigenvalue weighted by Gasteiger charge is 2.35. The standard InChI is InChI=1S/C30H27ClF2N4O3S/c1-3-15-39-28(38)26-18(2)34-29-35-30(41-17-20-7-4-5-9-24(20)32)36-37(29)27(26)19-11-13-21(14-12-19)40-16-22-23(31)8-6-10-25(22)33/h4-14,27H,3,15-17H2,1-2H3,(H,34,35,36). The van der Waals surface area contributed by atoms with Gasteiger partial charge in [0, 0.05) is 17.0 Å². The Morgan fingerprint density at radius 2 is 1.83 bits per heavy atom. The first-order chi connectivity index (χ1) is 19.9. The summed E-state index contributed by atoms with van der Waals surface area (Å²) in [4.78, 5) is 17.8. The second-order valence-electron chi connectivity index (χ2n) is 9.30. The third kappa shape index (κ3) is 6.39. The summed E-state index contributed by atoms with van der Waals surface area (Å²) in [6, 6.07) is 17.5. The monoisotopic (exact) mass is 596 g/mol. The number of nitrogens with zero attached hydrogens (tertiary/aromatic N) is 3. The zero-order valence-electron chi connectivity index (χ0n) is 22.4. The van der Waals surface area contributed by atoms with Crippen molar-refractivity contribution in [3.8, 4) is 5.75 Å². The minimum absolute atomic E-state index is 0.0401. The molecule has 1 aromatic heterocycles. The van der Waals surface area contributed by atoms with Gasteiger partial charge in [0.1, 0.15) is 30.0 Å². The van der Waals surface area contributed by atoms with E-state index in [2.05, 4.69) is 15.4 Å². The van der Waals surface area contributed by atoms with Gasteiger partial charge < -0.3 is 14.8 Å². The van der Waals surface area contributed by atoms with Gasteiger partial charge in [-0.2, -0.15) is 4.98 Å². The van der Waals surface area contributed by atoms with Crippen LogP contribution in [0.2, 0.25) is 5.02 Å². The average molecular weight is 597 g/mol. The van der Waals surface area contributed by atoms with Crippen LogP contribution in [0.15, 0.2) is 83.2 Å². The van der Waals surface area contributed by atoms with Crippen molar-refractivity contribution in [3.63, 3.8) is 0 Å². The number of carbonyl (C=O) groups excluding carboxylic acids is 1. The van der Waals surface area contributed by atoms with Gasteiger partial charge in [0.15, 0.2) is 0 Å². The largest absolute Gasteiger partial charge is 0.489 e. The molecule has 0 fully saturated rings. The molecule has 7 nitrogen and oxygen atoms in total. The molecule has 0 radical (unpaired) electrons. The van der Waals surface area contributed by atoms with Gasteiger partial charge in [0.2, 0.25) is 11.1 Å². The molecule has 0 saturated heterocycles. The number of ether oxygens (including phenoxy) is 2. The molecule has 1 N–H and O–H groups in total. The maximum Gasteiger partial charge on any atom is 0.338 e. The average Bonchev–Trinajstić information content (AvgIpc) is 3.37. The van der Waals surface area contributed by atoms with Crippen molar-refractivity contribution < 1.29 is 23.0 Å². The number of allylic oxidation sites excluding steroid dienone is 1. The number of rotatable bonds is 10. The highest BCUT2D eigenvalue weighted by molar-refractivity contribution is 7.98. The van der Waals surface area contributed by atoms with Gasteiger partial charge in [-0.1, -0.05) is 66.7 Å². The fourth-order valence-corrected chi connectivity index (χ4v) is 5.40. The van der Waals surface area contributed by atoms with E-state index in [4.69, 9.17) is 21.1 Å². The summed E-state index contributed by atoms with van der Waals surface area (Å²) in [5.74, 6) is 0.0949. The lowest BCUT2D eigenvalue weighted by atomic mass is 9.96. The van der Waals surface area contributed by atoms with Gasteiger partial charge in [-0.05, 0) is 54.8 Å². The Hall–Kier alpha value is -3.89. The molecule has 0 amide bonds. The molecular formula is C30H27ClF2N4O3S. The van der Waals surface area contributed by atoms with Crippen molar-refractivity contribution in [2.24, 2.45) is 0 Å². The Morgan fingerprint density at radius 3 is 2.56 bits per heavy atom. The Kier molecular flexibility index (Phi) is 8.90. The van der Waals surface area contributed by atoms with Crippen LogP contribution in [0.3, 0.4) is 0 Å². The maximum atomic E-state index is 14.2. The van der Waals surface area contributed by atoms with Crippen molar-refractivity contribution in [3.05, 3.63) is 111 Å². The molecule has 3 aromatic carbocycles. The molecule has 0 spiro atoms. The minimum atomic E-state index is -0.638. The molecule has 1 unspecified atom stereocenters. The number of anilines is 1. The van der Waals surface area contributed by atoms with Crippen LogP contribution in [0.1, 0.15) is 43.0 Å². The first-order valence-electron chi connectivity index (χ1n) is 13.0. The predicted octanol–water partition coefficient (Wildman–Crippen LogP) is 7.32. The highest BCUT2D eigenvalue weighted by atomic mass is 35.5. The van der Waals surface area contributed by atoms with Gasteiger partial charge in [0.05, 0.1) is 17.2 Å². The van der Waals surface area contributed by atoms with Crippen LogP contribution in [0.5, 0.6) is 5.75 Å². The summed E-state index contributed by atoms with van der Waals surface area (Å²) in [5, 5.41) is 8.55. The van der Waals surface area contributed by atoms with Gasteiger partial charge >= 0.3 is 5.97 Å². The van der Waals surface area contributed by atoms with E-state index in [0.717, 1.165) is 5.56 Å². The maximum absolute atomic E-state index is 14.2. The molecule has 1 aliphatic heterocycles. The van der Waals surface area contributed by atoms with Gasteiger partial charge in [0.25, 0.3) is 0 Å². The lowest BCUT2D eigenvalue weighted by Gasteiger charge is -2.28.